The molecule has 1 aromatic carbocycles. The highest BCUT2D eigenvalue weighted by molar-refractivity contribution is 9.10. The molecule has 84 valence electrons. The van der Waals surface area contributed by atoms with E-state index in [1.165, 1.54) is 0 Å². The molecule has 0 bridgehead atoms. The lowest BCUT2D eigenvalue weighted by atomic mass is 10.0. The lowest BCUT2D eigenvalue weighted by molar-refractivity contribution is 0.475. The van der Waals surface area contributed by atoms with E-state index in [4.69, 9.17) is 0 Å². The van der Waals surface area contributed by atoms with Gasteiger partial charge in [-0.25, -0.2) is 4.98 Å². The zero-order valence-electron chi connectivity index (χ0n) is 9.16. The van der Waals surface area contributed by atoms with E-state index in [1.54, 1.807) is 12.1 Å². The molecule has 2 N–H and O–H groups in total. The van der Waals surface area contributed by atoms with Crippen molar-refractivity contribution in [1.82, 2.24) is 9.97 Å². The second-order valence-corrected chi connectivity index (χ2v) is 4.74. The van der Waals surface area contributed by atoms with E-state index >= 15 is 0 Å². The SMILES string of the molecule is CC(C)c1[nH]c(Br)nc1-c1ccc(O)cc1. The molecule has 16 heavy (non-hydrogen) atoms. The minimum atomic E-state index is 0.268. The number of halogens is 1. The predicted molar refractivity (Wildman–Crippen MR) is 67.5 cm³/mol. The Morgan fingerprint density at radius 3 is 2.44 bits per heavy atom. The maximum absolute atomic E-state index is 9.25. The molecular weight excluding hydrogens is 268 g/mol. The quantitative estimate of drug-likeness (QED) is 0.882. The summed E-state index contributed by atoms with van der Waals surface area (Å²) in [6.45, 7) is 4.23. The molecule has 1 aromatic heterocycles. The van der Waals surface area contributed by atoms with Crippen molar-refractivity contribution in [3.63, 3.8) is 0 Å². The normalized spacial score (nSPS) is 11.0. The number of hydrogen-bond acceptors (Lipinski definition) is 2. The monoisotopic (exact) mass is 280 g/mol. The Morgan fingerprint density at radius 1 is 1.25 bits per heavy atom. The van der Waals surface area contributed by atoms with Gasteiger partial charge in [0.15, 0.2) is 4.73 Å². The average molecular weight is 281 g/mol. The molecule has 0 atom stereocenters. The van der Waals surface area contributed by atoms with Gasteiger partial charge in [0.25, 0.3) is 0 Å². The molecule has 0 unspecified atom stereocenters. The molecule has 2 rings (SSSR count). The van der Waals surface area contributed by atoms with E-state index in [0.717, 1.165) is 21.7 Å². The van der Waals surface area contributed by atoms with E-state index in [9.17, 15) is 5.11 Å². The molecule has 0 saturated heterocycles. The summed E-state index contributed by atoms with van der Waals surface area (Å²) in [4.78, 5) is 7.61. The number of imidazole rings is 1. The van der Waals surface area contributed by atoms with Crippen molar-refractivity contribution in [2.45, 2.75) is 19.8 Å². The van der Waals surface area contributed by atoms with Gasteiger partial charge in [-0.1, -0.05) is 13.8 Å². The van der Waals surface area contributed by atoms with Crippen LogP contribution in [0.1, 0.15) is 25.5 Å². The number of aromatic nitrogens is 2. The minimum absolute atomic E-state index is 0.268. The lowest BCUT2D eigenvalue weighted by Gasteiger charge is -2.05. The average Bonchev–Trinajstić information content (AvgIpc) is 2.61. The van der Waals surface area contributed by atoms with Gasteiger partial charge < -0.3 is 10.1 Å². The molecule has 0 spiro atoms. The molecule has 4 heteroatoms. The van der Waals surface area contributed by atoms with Crippen molar-refractivity contribution in [3.8, 4) is 17.0 Å². The Labute approximate surface area is 103 Å². The number of phenolic OH excluding ortho intramolecular Hbond substituents is 1. The summed E-state index contributed by atoms with van der Waals surface area (Å²) in [5.41, 5.74) is 3.03. The van der Waals surface area contributed by atoms with Crippen molar-refractivity contribution in [1.29, 1.82) is 0 Å². The molecule has 0 aliphatic rings. The van der Waals surface area contributed by atoms with Crippen LogP contribution in [-0.4, -0.2) is 15.1 Å². The summed E-state index contributed by atoms with van der Waals surface area (Å²) in [6, 6.07) is 7.07. The van der Waals surface area contributed by atoms with Gasteiger partial charge in [-0.05, 0) is 46.1 Å². The Balaban J connectivity index is 2.50. The largest absolute Gasteiger partial charge is 0.508 e. The van der Waals surface area contributed by atoms with Crippen LogP contribution < -0.4 is 0 Å². The van der Waals surface area contributed by atoms with Crippen molar-refractivity contribution in [2.24, 2.45) is 0 Å². The second kappa shape index (κ2) is 4.29. The zero-order chi connectivity index (χ0) is 11.7. The number of nitrogens with zero attached hydrogens (tertiary/aromatic N) is 1. The second-order valence-electron chi connectivity index (χ2n) is 3.99. The summed E-state index contributed by atoms with van der Waals surface area (Å²) >= 11 is 3.35. The molecule has 2 aromatic rings. The summed E-state index contributed by atoms with van der Waals surface area (Å²) in [5, 5.41) is 9.25. The van der Waals surface area contributed by atoms with Crippen LogP contribution in [0.15, 0.2) is 29.0 Å². The van der Waals surface area contributed by atoms with Crippen LogP contribution >= 0.6 is 15.9 Å². The van der Waals surface area contributed by atoms with Crippen LogP contribution in [0.3, 0.4) is 0 Å². The molecule has 0 fully saturated rings. The first kappa shape index (κ1) is 11.2. The number of nitrogens with one attached hydrogen (secondary N) is 1. The van der Waals surface area contributed by atoms with Crippen LogP contribution in [0.5, 0.6) is 5.75 Å². The number of benzene rings is 1. The van der Waals surface area contributed by atoms with Crippen molar-refractivity contribution >= 4 is 15.9 Å². The first-order chi connectivity index (χ1) is 7.58. The molecule has 0 saturated carbocycles. The predicted octanol–water partition coefficient (Wildman–Crippen LogP) is 3.67. The summed E-state index contributed by atoms with van der Waals surface area (Å²) in [5.74, 6) is 0.645. The van der Waals surface area contributed by atoms with Gasteiger partial charge >= 0.3 is 0 Å². The fraction of sp³-hybridized carbons (Fsp3) is 0.250. The first-order valence-corrected chi connectivity index (χ1v) is 5.92. The van der Waals surface area contributed by atoms with Gasteiger partial charge in [0, 0.05) is 11.3 Å². The van der Waals surface area contributed by atoms with Gasteiger partial charge in [0.05, 0.1) is 5.69 Å². The third-order valence-corrected chi connectivity index (χ3v) is 2.80. The van der Waals surface area contributed by atoms with E-state index < -0.39 is 0 Å². The van der Waals surface area contributed by atoms with Crippen LogP contribution in [0.25, 0.3) is 11.3 Å². The summed E-state index contributed by atoms with van der Waals surface area (Å²) in [7, 11) is 0. The molecule has 0 radical (unpaired) electrons. The minimum Gasteiger partial charge on any atom is -0.508 e. The highest BCUT2D eigenvalue weighted by Gasteiger charge is 2.13. The number of phenols is 1. The van der Waals surface area contributed by atoms with Crippen molar-refractivity contribution in [3.05, 3.63) is 34.7 Å². The zero-order valence-corrected chi connectivity index (χ0v) is 10.7. The molecule has 1 heterocycles. The van der Waals surface area contributed by atoms with Crippen LogP contribution in [0, 0.1) is 0 Å². The third-order valence-electron chi connectivity index (χ3n) is 2.42. The Morgan fingerprint density at radius 2 is 1.88 bits per heavy atom. The molecule has 0 aliphatic carbocycles. The molecular formula is C12H13BrN2O. The van der Waals surface area contributed by atoms with Crippen LogP contribution in [0.2, 0.25) is 0 Å². The van der Waals surface area contributed by atoms with E-state index in [1.807, 2.05) is 12.1 Å². The third kappa shape index (κ3) is 2.11. The van der Waals surface area contributed by atoms with Crippen molar-refractivity contribution in [2.75, 3.05) is 0 Å². The Kier molecular flexibility index (Phi) is 3.01. The summed E-state index contributed by atoms with van der Waals surface area (Å²) < 4.78 is 0.735. The first-order valence-electron chi connectivity index (χ1n) is 5.12. The summed E-state index contributed by atoms with van der Waals surface area (Å²) in [6.07, 6.45) is 0. The maximum Gasteiger partial charge on any atom is 0.175 e. The maximum atomic E-state index is 9.25. The fourth-order valence-electron chi connectivity index (χ4n) is 1.61. The lowest BCUT2D eigenvalue weighted by Crippen LogP contribution is -1.91. The van der Waals surface area contributed by atoms with Gasteiger partial charge in [-0.3, -0.25) is 0 Å². The Hall–Kier alpha value is -1.29. The Bertz CT molecular complexity index is 488. The molecule has 3 nitrogen and oxygen atoms in total. The highest BCUT2D eigenvalue weighted by atomic mass is 79.9. The smallest absolute Gasteiger partial charge is 0.175 e. The van der Waals surface area contributed by atoms with Gasteiger partial charge in [-0.2, -0.15) is 0 Å². The number of H-pyrrole nitrogens is 1. The number of hydrogen-bond donors (Lipinski definition) is 2. The molecule has 0 amide bonds. The topological polar surface area (TPSA) is 48.9 Å². The van der Waals surface area contributed by atoms with E-state index in [-0.39, 0.29) is 5.75 Å². The van der Waals surface area contributed by atoms with Gasteiger partial charge in [0.1, 0.15) is 5.75 Å². The van der Waals surface area contributed by atoms with Crippen molar-refractivity contribution < 1.29 is 5.11 Å². The highest BCUT2D eigenvalue weighted by Crippen LogP contribution is 2.29. The van der Waals surface area contributed by atoms with Gasteiger partial charge in [0.2, 0.25) is 0 Å². The van der Waals surface area contributed by atoms with Crippen LogP contribution in [-0.2, 0) is 0 Å². The number of aromatic hydroxyl groups is 1. The van der Waals surface area contributed by atoms with E-state index in [0.29, 0.717) is 5.92 Å². The van der Waals surface area contributed by atoms with E-state index in [2.05, 4.69) is 39.7 Å². The van der Waals surface area contributed by atoms with Crippen LogP contribution in [0.4, 0.5) is 0 Å². The standard InChI is InChI=1S/C12H13BrN2O/c1-7(2)10-11(15-12(13)14-10)8-3-5-9(16)6-4-8/h3-7,16H,1-2H3,(H,14,15). The van der Waals surface area contributed by atoms with Gasteiger partial charge in [-0.15, -0.1) is 0 Å². The number of aromatic amines is 1. The fourth-order valence-corrected chi connectivity index (χ4v) is 2.00. The number of rotatable bonds is 2. The molecule has 0 aliphatic heterocycles.